The minimum Gasteiger partial charge on any atom is -0.491 e. The van der Waals surface area contributed by atoms with Crippen LogP contribution in [-0.2, 0) is 11.8 Å². The molecule has 0 spiro atoms. The molecule has 0 aliphatic carbocycles. The molecule has 1 N–H and O–H groups in total. The molecule has 7 nitrogen and oxygen atoms in total. The van der Waals surface area contributed by atoms with Crippen molar-refractivity contribution in [1.82, 2.24) is 19.4 Å². The van der Waals surface area contributed by atoms with E-state index in [1.807, 2.05) is 37.0 Å². The summed E-state index contributed by atoms with van der Waals surface area (Å²) < 4.78 is 7.05. The topological polar surface area (TPSA) is 70.6 Å². The smallest absolute Gasteiger partial charge is 0.292 e. The number of pyridine rings is 1. The predicted octanol–water partition coefficient (Wildman–Crippen LogP) is 4.24. The summed E-state index contributed by atoms with van der Waals surface area (Å²) in [6.07, 6.45) is 3.87. The van der Waals surface area contributed by atoms with E-state index in [1.54, 1.807) is 18.7 Å². The number of fused-ring (bicyclic) bond motifs is 1. The van der Waals surface area contributed by atoms with Gasteiger partial charge in [-0.3, -0.25) is 9.59 Å². The summed E-state index contributed by atoms with van der Waals surface area (Å²) >= 11 is 0. The lowest BCUT2D eigenvalue weighted by Crippen LogP contribution is -2.42. The van der Waals surface area contributed by atoms with Crippen molar-refractivity contribution < 1.29 is 9.53 Å². The highest BCUT2D eigenvalue weighted by Gasteiger charge is 2.26. The van der Waals surface area contributed by atoms with Gasteiger partial charge < -0.3 is 24.1 Å². The number of methoxy groups -OCH3 is 1. The minimum absolute atomic E-state index is 0.131. The highest BCUT2D eigenvalue weighted by molar-refractivity contribution is 5.92. The second kappa shape index (κ2) is 9.90. The van der Waals surface area contributed by atoms with E-state index in [9.17, 15) is 9.59 Å². The molecule has 1 saturated heterocycles. The number of aromatic amines is 1. The maximum atomic E-state index is 12.5. The number of piperidine rings is 1. The van der Waals surface area contributed by atoms with Gasteiger partial charge in [0.15, 0.2) is 5.75 Å². The van der Waals surface area contributed by atoms with Gasteiger partial charge in [0.1, 0.15) is 0 Å². The summed E-state index contributed by atoms with van der Waals surface area (Å²) in [5.74, 6) is 1.33. The van der Waals surface area contributed by atoms with Crippen molar-refractivity contribution in [1.29, 1.82) is 0 Å². The largest absolute Gasteiger partial charge is 0.491 e. The molecule has 35 heavy (non-hydrogen) atoms. The Kier molecular flexibility index (Phi) is 7.08. The number of nitrogens with zero attached hydrogens (tertiary/aromatic N) is 3. The monoisotopic (exact) mass is 478 g/mol. The second-order valence-electron chi connectivity index (χ2n) is 10.4. The van der Waals surface area contributed by atoms with E-state index in [2.05, 4.69) is 37.0 Å². The van der Waals surface area contributed by atoms with Crippen LogP contribution in [0.3, 0.4) is 0 Å². The van der Waals surface area contributed by atoms with Gasteiger partial charge in [-0.25, -0.2) is 0 Å². The number of likely N-dealkylation sites (tertiary alicyclic amines) is 1. The van der Waals surface area contributed by atoms with Crippen molar-refractivity contribution in [2.24, 2.45) is 7.05 Å². The van der Waals surface area contributed by atoms with Gasteiger partial charge in [-0.05, 0) is 69.0 Å². The predicted molar refractivity (Wildman–Crippen MR) is 141 cm³/mol. The van der Waals surface area contributed by atoms with Crippen molar-refractivity contribution >= 4 is 16.8 Å². The molecule has 0 bridgehead atoms. The third-order valence-electron chi connectivity index (χ3n) is 7.27. The van der Waals surface area contributed by atoms with Crippen LogP contribution in [0.5, 0.6) is 5.75 Å². The molecule has 0 radical (unpaired) electrons. The van der Waals surface area contributed by atoms with E-state index in [0.29, 0.717) is 24.1 Å². The molecule has 0 saturated carbocycles. The van der Waals surface area contributed by atoms with Gasteiger partial charge >= 0.3 is 0 Å². The molecule has 4 rings (SSSR count). The highest BCUT2D eigenvalue weighted by atomic mass is 16.5. The maximum Gasteiger partial charge on any atom is 0.292 e. The van der Waals surface area contributed by atoms with Gasteiger partial charge in [-0.1, -0.05) is 19.9 Å². The van der Waals surface area contributed by atoms with Crippen LogP contribution in [-0.4, -0.2) is 66.1 Å². The Hall–Kier alpha value is -3.06. The zero-order valence-electron chi connectivity index (χ0n) is 22.1. The number of benzene rings is 1. The Morgan fingerprint density at radius 3 is 2.51 bits per heavy atom. The SMILES string of the molecule is COc1c(C)c(-c2[nH]c3ccc(C4CCN(C(=O)CN(C)C)CC4)cc3c2C(C)C)cn(C)c1=O. The number of amides is 1. The van der Waals surface area contributed by atoms with Crippen LogP contribution in [0, 0.1) is 6.92 Å². The van der Waals surface area contributed by atoms with Gasteiger partial charge in [0, 0.05) is 48.4 Å². The van der Waals surface area contributed by atoms with Crippen LogP contribution in [0.2, 0.25) is 0 Å². The summed E-state index contributed by atoms with van der Waals surface area (Å²) in [5, 5.41) is 1.23. The molecule has 3 aromatic rings. The normalized spacial score (nSPS) is 14.9. The lowest BCUT2D eigenvalue weighted by atomic mass is 9.87. The molecule has 188 valence electrons. The molecular formula is C28H38N4O3. The zero-order chi connectivity index (χ0) is 25.4. The number of H-pyrrole nitrogens is 1. The summed E-state index contributed by atoms with van der Waals surface area (Å²) in [6, 6.07) is 6.74. The molecule has 1 fully saturated rings. The van der Waals surface area contributed by atoms with Crippen LogP contribution >= 0.6 is 0 Å². The molecule has 1 aromatic carbocycles. The van der Waals surface area contributed by atoms with Crippen LogP contribution in [0.15, 0.2) is 29.2 Å². The lowest BCUT2D eigenvalue weighted by Gasteiger charge is -2.33. The van der Waals surface area contributed by atoms with E-state index in [4.69, 9.17) is 4.74 Å². The Morgan fingerprint density at radius 1 is 1.23 bits per heavy atom. The first-order valence-electron chi connectivity index (χ1n) is 12.4. The number of carbonyl (C=O) groups excluding carboxylic acids is 1. The molecule has 1 aliphatic heterocycles. The Labute approximate surface area is 207 Å². The molecule has 1 aliphatic rings. The van der Waals surface area contributed by atoms with Crippen LogP contribution < -0.4 is 10.3 Å². The van der Waals surface area contributed by atoms with Crippen LogP contribution in [0.25, 0.3) is 22.2 Å². The van der Waals surface area contributed by atoms with Gasteiger partial charge in [-0.2, -0.15) is 0 Å². The third kappa shape index (κ3) is 4.74. The van der Waals surface area contributed by atoms with Crippen molar-refractivity contribution in [3.8, 4) is 17.0 Å². The third-order valence-corrected chi connectivity index (χ3v) is 7.27. The molecular weight excluding hydrogens is 440 g/mol. The Bertz CT molecular complexity index is 1290. The Morgan fingerprint density at radius 2 is 1.91 bits per heavy atom. The van der Waals surface area contributed by atoms with Crippen LogP contribution in [0.1, 0.15) is 55.2 Å². The van der Waals surface area contributed by atoms with Gasteiger partial charge in [0.2, 0.25) is 5.91 Å². The standard InChI is InChI=1S/C28H38N4O3/c1-17(2)25-21-14-20(19-10-12-32(13-11-19)24(33)16-30(4)5)8-9-23(21)29-26(25)22-15-31(6)28(34)27(35-7)18(22)3/h8-9,14-15,17,19,29H,10-13,16H2,1-7H3. The highest BCUT2D eigenvalue weighted by Crippen LogP contribution is 2.40. The molecule has 7 heteroatoms. The van der Waals surface area contributed by atoms with Gasteiger partial charge in [0.05, 0.1) is 19.3 Å². The number of aryl methyl sites for hydroxylation is 1. The van der Waals surface area contributed by atoms with Crippen molar-refractivity contribution in [3.05, 3.63) is 51.4 Å². The van der Waals surface area contributed by atoms with E-state index >= 15 is 0 Å². The van der Waals surface area contributed by atoms with Crippen molar-refractivity contribution in [2.75, 3.05) is 40.8 Å². The Balaban J connectivity index is 1.70. The zero-order valence-corrected chi connectivity index (χ0v) is 22.1. The van der Waals surface area contributed by atoms with Crippen molar-refractivity contribution in [2.45, 2.75) is 45.4 Å². The molecule has 0 unspecified atom stereocenters. The van der Waals surface area contributed by atoms with E-state index in [0.717, 1.165) is 48.3 Å². The average molecular weight is 479 g/mol. The quantitative estimate of drug-likeness (QED) is 0.575. The van der Waals surface area contributed by atoms with E-state index < -0.39 is 0 Å². The second-order valence-corrected chi connectivity index (χ2v) is 10.4. The number of hydrogen-bond donors (Lipinski definition) is 1. The van der Waals surface area contributed by atoms with Gasteiger partial charge in [-0.15, -0.1) is 0 Å². The number of nitrogens with one attached hydrogen (secondary N) is 1. The van der Waals surface area contributed by atoms with Crippen LogP contribution in [0.4, 0.5) is 0 Å². The number of rotatable bonds is 6. The first-order chi connectivity index (χ1) is 16.6. The first kappa shape index (κ1) is 25.0. The van der Waals surface area contributed by atoms with E-state index in [-0.39, 0.29) is 11.5 Å². The van der Waals surface area contributed by atoms with Crippen molar-refractivity contribution in [3.63, 3.8) is 0 Å². The number of likely N-dealkylation sites (N-methyl/N-ethyl adjacent to an activating group) is 1. The summed E-state index contributed by atoms with van der Waals surface area (Å²) in [7, 11) is 7.18. The fraction of sp³-hybridized carbons (Fsp3) is 0.500. The fourth-order valence-electron chi connectivity index (χ4n) is 5.41. The first-order valence-corrected chi connectivity index (χ1v) is 12.4. The average Bonchev–Trinajstić information content (AvgIpc) is 3.20. The van der Waals surface area contributed by atoms with Gasteiger partial charge in [0.25, 0.3) is 5.56 Å². The number of aromatic nitrogens is 2. The summed E-state index contributed by atoms with van der Waals surface area (Å²) in [6.45, 7) is 8.45. The van der Waals surface area contributed by atoms with E-state index in [1.165, 1.54) is 16.5 Å². The number of hydrogen-bond acceptors (Lipinski definition) is 4. The molecule has 1 amide bonds. The maximum absolute atomic E-state index is 12.5. The fourth-order valence-corrected chi connectivity index (χ4v) is 5.41. The lowest BCUT2D eigenvalue weighted by molar-refractivity contribution is -0.132. The molecule has 2 aromatic heterocycles. The number of carbonyl (C=O) groups is 1. The molecule has 3 heterocycles. The summed E-state index contributed by atoms with van der Waals surface area (Å²) in [4.78, 5) is 32.6. The number of ether oxygens (including phenoxy) is 1. The minimum atomic E-state index is -0.131. The summed E-state index contributed by atoms with van der Waals surface area (Å²) in [5.41, 5.74) is 6.43. The molecule has 0 atom stereocenters.